The Kier molecular flexibility index (Phi) is 5.74. The van der Waals surface area contributed by atoms with E-state index in [1.807, 2.05) is 6.92 Å². The molecule has 0 fully saturated rings. The third-order valence-corrected chi connectivity index (χ3v) is 3.70. The number of carbonyl (C=O) groups excluding carboxylic acids is 1. The molecule has 0 radical (unpaired) electrons. The molecule has 0 saturated heterocycles. The van der Waals surface area contributed by atoms with Gasteiger partial charge in [-0.1, -0.05) is 23.2 Å². The van der Waals surface area contributed by atoms with Gasteiger partial charge in [-0.05, 0) is 55.8 Å². The molecule has 0 aromatic heterocycles. The largest absolute Gasteiger partial charge is 0.495 e. The van der Waals surface area contributed by atoms with Gasteiger partial charge in [0.05, 0.1) is 12.8 Å². The third-order valence-electron chi connectivity index (χ3n) is 3.23. The normalized spacial score (nSPS) is 11.7. The summed E-state index contributed by atoms with van der Waals surface area (Å²) in [4.78, 5) is 12.3. The molecule has 4 nitrogen and oxygen atoms in total. The van der Waals surface area contributed by atoms with Crippen LogP contribution in [0.2, 0.25) is 10.0 Å². The van der Waals surface area contributed by atoms with Gasteiger partial charge in [-0.15, -0.1) is 0 Å². The lowest BCUT2D eigenvalue weighted by atomic mass is 10.2. The number of carbonyl (C=O) groups is 1. The van der Waals surface area contributed by atoms with E-state index in [4.69, 9.17) is 32.7 Å². The van der Waals surface area contributed by atoms with E-state index in [-0.39, 0.29) is 5.91 Å². The van der Waals surface area contributed by atoms with Gasteiger partial charge in [0.25, 0.3) is 5.91 Å². The van der Waals surface area contributed by atoms with Crippen molar-refractivity contribution in [3.63, 3.8) is 0 Å². The summed E-state index contributed by atoms with van der Waals surface area (Å²) in [6.45, 7) is 3.53. The van der Waals surface area contributed by atoms with Crippen LogP contribution in [0, 0.1) is 6.92 Å². The second-order valence-electron chi connectivity index (χ2n) is 5.00. The van der Waals surface area contributed by atoms with E-state index in [2.05, 4.69) is 5.32 Å². The minimum absolute atomic E-state index is 0.306. The Bertz CT molecular complexity index is 719. The van der Waals surface area contributed by atoms with Crippen molar-refractivity contribution in [2.45, 2.75) is 20.0 Å². The standard InChI is InChI=1S/C17H17Cl2NO3/c1-10-8-12(18)4-6-15(10)23-11(2)17(21)20-14-9-13(19)5-7-16(14)22-3/h4-9,11H,1-3H3,(H,20,21)/t11-/m0/s1. The Labute approximate surface area is 145 Å². The summed E-state index contributed by atoms with van der Waals surface area (Å²) < 4.78 is 10.9. The van der Waals surface area contributed by atoms with Crippen molar-refractivity contribution in [1.82, 2.24) is 0 Å². The Morgan fingerprint density at radius 1 is 1.09 bits per heavy atom. The number of methoxy groups -OCH3 is 1. The zero-order valence-corrected chi connectivity index (χ0v) is 14.5. The van der Waals surface area contributed by atoms with Crippen molar-refractivity contribution < 1.29 is 14.3 Å². The maximum Gasteiger partial charge on any atom is 0.265 e. The van der Waals surface area contributed by atoms with Gasteiger partial charge in [0.15, 0.2) is 6.10 Å². The maximum atomic E-state index is 12.3. The van der Waals surface area contributed by atoms with Gasteiger partial charge in [-0.25, -0.2) is 0 Å². The van der Waals surface area contributed by atoms with E-state index in [9.17, 15) is 4.79 Å². The second kappa shape index (κ2) is 7.57. The molecule has 0 aliphatic rings. The van der Waals surface area contributed by atoms with Crippen LogP contribution in [0.3, 0.4) is 0 Å². The van der Waals surface area contributed by atoms with Crippen LogP contribution in [0.5, 0.6) is 11.5 Å². The number of hydrogen-bond donors (Lipinski definition) is 1. The lowest BCUT2D eigenvalue weighted by Crippen LogP contribution is -2.30. The highest BCUT2D eigenvalue weighted by Crippen LogP contribution is 2.28. The first-order valence-corrected chi connectivity index (χ1v) is 7.73. The first-order chi connectivity index (χ1) is 10.9. The Morgan fingerprint density at radius 3 is 2.30 bits per heavy atom. The highest BCUT2D eigenvalue weighted by Gasteiger charge is 2.17. The Hall–Kier alpha value is -1.91. The predicted octanol–water partition coefficient (Wildman–Crippen LogP) is 4.72. The van der Waals surface area contributed by atoms with Gasteiger partial charge in [-0.3, -0.25) is 4.79 Å². The van der Waals surface area contributed by atoms with Crippen LogP contribution in [0.15, 0.2) is 36.4 Å². The molecule has 0 saturated carbocycles. The van der Waals surface area contributed by atoms with Crippen LogP contribution in [0.25, 0.3) is 0 Å². The minimum Gasteiger partial charge on any atom is -0.495 e. The van der Waals surface area contributed by atoms with E-state index >= 15 is 0 Å². The Morgan fingerprint density at radius 2 is 1.70 bits per heavy atom. The van der Waals surface area contributed by atoms with Crippen LogP contribution in [0.1, 0.15) is 12.5 Å². The maximum absolute atomic E-state index is 12.3. The molecule has 122 valence electrons. The monoisotopic (exact) mass is 353 g/mol. The van der Waals surface area contributed by atoms with E-state index in [1.165, 1.54) is 7.11 Å². The second-order valence-corrected chi connectivity index (χ2v) is 5.88. The lowest BCUT2D eigenvalue weighted by Gasteiger charge is -2.17. The summed E-state index contributed by atoms with van der Waals surface area (Å²) in [7, 11) is 1.52. The number of amides is 1. The molecule has 0 aliphatic heterocycles. The molecule has 6 heteroatoms. The van der Waals surface area contributed by atoms with E-state index < -0.39 is 6.10 Å². The minimum atomic E-state index is -0.696. The van der Waals surface area contributed by atoms with Gasteiger partial charge in [0.1, 0.15) is 11.5 Å². The molecule has 2 aromatic rings. The number of aryl methyl sites for hydroxylation is 1. The quantitative estimate of drug-likeness (QED) is 0.845. The van der Waals surface area contributed by atoms with Crippen molar-refractivity contribution in [2.24, 2.45) is 0 Å². The van der Waals surface area contributed by atoms with Crippen molar-refractivity contribution in [1.29, 1.82) is 0 Å². The molecule has 0 bridgehead atoms. The summed E-state index contributed by atoms with van der Waals surface area (Å²) in [5.41, 5.74) is 1.35. The number of ether oxygens (including phenoxy) is 2. The van der Waals surface area contributed by atoms with Gasteiger partial charge in [-0.2, -0.15) is 0 Å². The summed E-state index contributed by atoms with van der Waals surface area (Å²) in [6.07, 6.45) is -0.696. The van der Waals surface area contributed by atoms with Gasteiger partial charge >= 0.3 is 0 Å². The summed E-state index contributed by atoms with van der Waals surface area (Å²) in [6, 6.07) is 10.2. The predicted molar refractivity (Wildman–Crippen MR) is 92.9 cm³/mol. The van der Waals surface area contributed by atoms with Crippen molar-refractivity contribution in [3.8, 4) is 11.5 Å². The van der Waals surface area contributed by atoms with Crippen LogP contribution in [0.4, 0.5) is 5.69 Å². The molecular weight excluding hydrogens is 337 g/mol. The van der Waals surface area contributed by atoms with Crippen molar-refractivity contribution >= 4 is 34.8 Å². The zero-order chi connectivity index (χ0) is 17.0. The fourth-order valence-corrected chi connectivity index (χ4v) is 2.40. The molecular formula is C17H17Cl2NO3. The van der Waals surface area contributed by atoms with Crippen LogP contribution in [-0.2, 0) is 4.79 Å². The average molecular weight is 354 g/mol. The number of halogens is 2. The third kappa shape index (κ3) is 4.53. The van der Waals surface area contributed by atoms with E-state index in [1.54, 1.807) is 43.3 Å². The molecule has 1 amide bonds. The van der Waals surface area contributed by atoms with Crippen LogP contribution < -0.4 is 14.8 Å². The molecule has 0 spiro atoms. The molecule has 1 atom stereocenters. The molecule has 1 N–H and O–H groups in total. The lowest BCUT2D eigenvalue weighted by molar-refractivity contribution is -0.122. The fourth-order valence-electron chi connectivity index (χ4n) is 2.00. The SMILES string of the molecule is COc1ccc(Cl)cc1NC(=O)[C@H](C)Oc1ccc(Cl)cc1C. The zero-order valence-electron chi connectivity index (χ0n) is 13.0. The van der Waals surface area contributed by atoms with E-state index in [0.717, 1.165) is 5.56 Å². The highest BCUT2D eigenvalue weighted by molar-refractivity contribution is 6.31. The van der Waals surface area contributed by atoms with Gasteiger partial charge < -0.3 is 14.8 Å². The van der Waals surface area contributed by atoms with Gasteiger partial charge in [0, 0.05) is 10.0 Å². The number of benzene rings is 2. The van der Waals surface area contributed by atoms with E-state index in [0.29, 0.717) is 27.2 Å². The highest BCUT2D eigenvalue weighted by atomic mass is 35.5. The molecule has 23 heavy (non-hydrogen) atoms. The summed E-state index contributed by atoms with van der Waals surface area (Å²) >= 11 is 11.9. The smallest absolute Gasteiger partial charge is 0.265 e. The molecule has 2 aromatic carbocycles. The number of rotatable bonds is 5. The van der Waals surface area contributed by atoms with Crippen molar-refractivity contribution in [2.75, 3.05) is 12.4 Å². The molecule has 0 heterocycles. The Balaban J connectivity index is 2.10. The van der Waals surface area contributed by atoms with Crippen LogP contribution in [-0.4, -0.2) is 19.1 Å². The molecule has 2 rings (SSSR count). The van der Waals surface area contributed by atoms with Crippen molar-refractivity contribution in [3.05, 3.63) is 52.0 Å². The number of anilines is 1. The van der Waals surface area contributed by atoms with Gasteiger partial charge in [0.2, 0.25) is 0 Å². The molecule has 0 unspecified atom stereocenters. The summed E-state index contributed by atoms with van der Waals surface area (Å²) in [5, 5.41) is 3.88. The van der Waals surface area contributed by atoms with Crippen LogP contribution >= 0.6 is 23.2 Å². The number of nitrogens with one attached hydrogen (secondary N) is 1. The first kappa shape index (κ1) is 17.4. The number of hydrogen-bond acceptors (Lipinski definition) is 3. The fraction of sp³-hybridized carbons (Fsp3) is 0.235. The first-order valence-electron chi connectivity index (χ1n) is 6.98. The molecule has 0 aliphatic carbocycles. The average Bonchev–Trinajstić information content (AvgIpc) is 2.50. The summed E-state index contributed by atoms with van der Waals surface area (Å²) in [5.74, 6) is 0.827. The topological polar surface area (TPSA) is 47.6 Å².